The van der Waals surface area contributed by atoms with Gasteiger partial charge in [-0.15, -0.1) is 0 Å². The van der Waals surface area contributed by atoms with Gasteiger partial charge in [0.25, 0.3) is 5.91 Å². The van der Waals surface area contributed by atoms with Crippen LogP contribution < -0.4 is 10.2 Å². The van der Waals surface area contributed by atoms with Gasteiger partial charge in [0.2, 0.25) is 5.91 Å². The number of nitrogens with zero attached hydrogens (tertiary/aromatic N) is 1. The number of benzene rings is 1. The van der Waals surface area contributed by atoms with Crippen molar-refractivity contribution < 1.29 is 9.59 Å². The van der Waals surface area contributed by atoms with Crippen molar-refractivity contribution in [1.82, 2.24) is 5.32 Å². The average Bonchev–Trinajstić information content (AvgIpc) is 2.50. The third kappa shape index (κ3) is 2.75. The van der Waals surface area contributed by atoms with Gasteiger partial charge in [-0.3, -0.25) is 9.59 Å². The number of rotatable bonds is 2. The molecule has 0 radical (unpaired) electrons. The molecule has 0 spiro atoms. The van der Waals surface area contributed by atoms with E-state index < -0.39 is 5.54 Å². The number of para-hydroxylation sites is 1. The minimum Gasteiger partial charge on any atom is -0.342 e. The van der Waals surface area contributed by atoms with Gasteiger partial charge in [0.15, 0.2) is 0 Å². The molecule has 1 heterocycles. The summed E-state index contributed by atoms with van der Waals surface area (Å²) in [7, 11) is 0. The van der Waals surface area contributed by atoms with Crippen molar-refractivity contribution in [1.29, 1.82) is 0 Å². The topological polar surface area (TPSA) is 49.4 Å². The lowest BCUT2D eigenvalue weighted by molar-refractivity contribution is -0.129. The van der Waals surface area contributed by atoms with E-state index in [1.165, 1.54) is 0 Å². The third-order valence-corrected chi connectivity index (χ3v) is 4.46. The van der Waals surface area contributed by atoms with Crippen LogP contribution in [-0.4, -0.2) is 23.9 Å². The van der Waals surface area contributed by atoms with Crippen LogP contribution in [0.25, 0.3) is 0 Å². The number of amides is 2. The summed E-state index contributed by atoms with van der Waals surface area (Å²) in [6.07, 6.45) is 0.920. The second-order valence-electron chi connectivity index (χ2n) is 4.89. The van der Waals surface area contributed by atoms with Crippen LogP contribution in [0.2, 0.25) is 0 Å². The largest absolute Gasteiger partial charge is 0.342 e. The Morgan fingerprint density at radius 2 is 2.05 bits per heavy atom. The molecule has 0 aromatic heterocycles. The Hall–Kier alpha value is -1.11. The number of anilines is 1. The number of hydrogen-bond donors (Lipinski definition) is 1. The lowest BCUT2D eigenvalue weighted by Gasteiger charge is -2.31. The maximum absolute atomic E-state index is 12.7. The molecule has 2 rings (SSSR count). The van der Waals surface area contributed by atoms with Crippen LogP contribution in [0.4, 0.5) is 5.69 Å². The minimum atomic E-state index is -0.813. The van der Waals surface area contributed by atoms with Crippen LogP contribution in [-0.2, 0) is 9.59 Å². The molecule has 1 aromatic rings. The average molecular weight is 372 g/mol. The van der Waals surface area contributed by atoms with E-state index in [4.69, 9.17) is 0 Å². The Morgan fingerprint density at radius 1 is 1.37 bits per heavy atom. The first kappa shape index (κ1) is 14.3. The predicted molar refractivity (Wildman–Crippen MR) is 83.0 cm³/mol. The first-order valence-corrected chi connectivity index (χ1v) is 7.43. The Balaban J connectivity index is 2.43. The van der Waals surface area contributed by atoms with Gasteiger partial charge in [-0.25, -0.2) is 0 Å². The van der Waals surface area contributed by atoms with Gasteiger partial charge < -0.3 is 10.2 Å². The molecule has 1 aromatic carbocycles. The van der Waals surface area contributed by atoms with Crippen LogP contribution >= 0.6 is 22.6 Å². The van der Waals surface area contributed by atoms with E-state index in [9.17, 15) is 9.59 Å². The van der Waals surface area contributed by atoms with Gasteiger partial charge in [-0.2, -0.15) is 0 Å². The standard InChI is InChI=1S/C14H17IN2O2/c1-3-14(2)13(19)17(9-8-12(18)16-14)11-7-5-4-6-10(11)15/h4-7H,3,8-9H2,1-2H3,(H,16,18). The molecule has 2 amide bonds. The molecule has 0 bridgehead atoms. The number of hydrogen-bond acceptors (Lipinski definition) is 2. The monoisotopic (exact) mass is 372 g/mol. The fraction of sp³-hybridized carbons (Fsp3) is 0.429. The van der Waals surface area contributed by atoms with Crippen molar-refractivity contribution in [2.75, 3.05) is 11.4 Å². The summed E-state index contributed by atoms with van der Waals surface area (Å²) in [6.45, 7) is 4.14. The van der Waals surface area contributed by atoms with Crippen molar-refractivity contribution in [2.45, 2.75) is 32.2 Å². The summed E-state index contributed by atoms with van der Waals surface area (Å²) in [6, 6.07) is 7.74. The van der Waals surface area contributed by atoms with Crippen molar-refractivity contribution >= 4 is 40.1 Å². The van der Waals surface area contributed by atoms with Gasteiger partial charge >= 0.3 is 0 Å². The van der Waals surface area contributed by atoms with E-state index >= 15 is 0 Å². The van der Waals surface area contributed by atoms with Crippen LogP contribution in [0.15, 0.2) is 24.3 Å². The second-order valence-corrected chi connectivity index (χ2v) is 6.05. The molecule has 0 aliphatic carbocycles. The van der Waals surface area contributed by atoms with E-state index in [1.807, 2.05) is 31.2 Å². The van der Waals surface area contributed by atoms with E-state index in [1.54, 1.807) is 11.8 Å². The molecule has 1 N–H and O–H groups in total. The first-order valence-electron chi connectivity index (χ1n) is 6.35. The summed E-state index contributed by atoms with van der Waals surface area (Å²) >= 11 is 2.22. The molecule has 102 valence electrons. The molecular formula is C14H17IN2O2. The summed E-state index contributed by atoms with van der Waals surface area (Å²) in [5.74, 6) is -0.101. The van der Waals surface area contributed by atoms with Crippen LogP contribution in [0, 0.1) is 3.57 Å². The Labute approximate surface area is 126 Å². The molecule has 1 atom stereocenters. The van der Waals surface area contributed by atoms with Gasteiger partial charge in [0.05, 0.1) is 5.69 Å². The highest BCUT2D eigenvalue weighted by molar-refractivity contribution is 14.1. The van der Waals surface area contributed by atoms with Gasteiger partial charge in [-0.1, -0.05) is 19.1 Å². The smallest absolute Gasteiger partial charge is 0.252 e. The lowest BCUT2D eigenvalue weighted by atomic mass is 9.97. The molecule has 4 nitrogen and oxygen atoms in total. The van der Waals surface area contributed by atoms with Crippen molar-refractivity contribution in [2.24, 2.45) is 0 Å². The summed E-state index contributed by atoms with van der Waals surface area (Å²) < 4.78 is 1.02. The van der Waals surface area contributed by atoms with Gasteiger partial charge in [0, 0.05) is 16.5 Å². The van der Waals surface area contributed by atoms with Crippen LogP contribution in [0.1, 0.15) is 26.7 Å². The highest BCUT2D eigenvalue weighted by Gasteiger charge is 2.39. The van der Waals surface area contributed by atoms with Crippen molar-refractivity contribution in [3.8, 4) is 0 Å². The zero-order valence-electron chi connectivity index (χ0n) is 11.1. The molecule has 1 fully saturated rings. The molecule has 0 saturated carbocycles. The summed E-state index contributed by atoms with van der Waals surface area (Å²) in [5.41, 5.74) is 0.0660. The number of carbonyl (C=O) groups is 2. The molecule has 19 heavy (non-hydrogen) atoms. The minimum absolute atomic E-state index is 0.0371. The number of halogens is 1. The van der Waals surface area contributed by atoms with E-state index in [0.29, 0.717) is 19.4 Å². The van der Waals surface area contributed by atoms with E-state index in [2.05, 4.69) is 27.9 Å². The lowest BCUT2D eigenvalue weighted by Crippen LogP contribution is -2.54. The maximum Gasteiger partial charge on any atom is 0.252 e. The molecule has 1 aliphatic rings. The van der Waals surface area contributed by atoms with Crippen molar-refractivity contribution in [3.63, 3.8) is 0 Å². The van der Waals surface area contributed by atoms with Crippen LogP contribution in [0.3, 0.4) is 0 Å². The third-order valence-electron chi connectivity index (χ3n) is 3.55. The molecule has 1 unspecified atom stereocenters. The highest BCUT2D eigenvalue weighted by Crippen LogP contribution is 2.27. The molecule has 1 saturated heterocycles. The predicted octanol–water partition coefficient (Wildman–Crippen LogP) is 2.31. The zero-order valence-corrected chi connectivity index (χ0v) is 13.2. The van der Waals surface area contributed by atoms with Gasteiger partial charge in [-0.05, 0) is 48.1 Å². The zero-order chi connectivity index (χ0) is 14.0. The van der Waals surface area contributed by atoms with Gasteiger partial charge in [0.1, 0.15) is 5.54 Å². The summed E-state index contributed by atoms with van der Waals surface area (Å²) in [5, 5.41) is 2.84. The Kier molecular flexibility index (Phi) is 4.13. The molecule has 5 heteroatoms. The van der Waals surface area contributed by atoms with E-state index in [-0.39, 0.29) is 11.8 Å². The normalized spacial score (nSPS) is 24.1. The SMILES string of the molecule is CCC1(C)NC(=O)CCN(c2ccccc2I)C1=O. The number of nitrogens with one attached hydrogen (secondary N) is 1. The Morgan fingerprint density at radius 3 is 2.68 bits per heavy atom. The second kappa shape index (κ2) is 5.48. The van der Waals surface area contributed by atoms with Crippen LogP contribution in [0.5, 0.6) is 0 Å². The highest BCUT2D eigenvalue weighted by atomic mass is 127. The molecule has 1 aliphatic heterocycles. The fourth-order valence-electron chi connectivity index (χ4n) is 2.18. The quantitative estimate of drug-likeness (QED) is 0.811. The maximum atomic E-state index is 12.7. The van der Waals surface area contributed by atoms with Crippen molar-refractivity contribution in [3.05, 3.63) is 27.8 Å². The first-order chi connectivity index (χ1) is 8.98. The summed E-state index contributed by atoms with van der Waals surface area (Å²) in [4.78, 5) is 26.2. The fourth-order valence-corrected chi connectivity index (χ4v) is 2.86. The molecular weight excluding hydrogens is 355 g/mol. The Bertz CT molecular complexity index is 518. The van der Waals surface area contributed by atoms with E-state index in [0.717, 1.165) is 9.26 Å². The number of carbonyl (C=O) groups excluding carboxylic acids is 2.